The fraction of sp³-hybridized carbons (Fsp3) is 0.100. The van der Waals surface area contributed by atoms with Crippen LogP contribution >= 0.6 is 0 Å². The van der Waals surface area contributed by atoms with Crippen molar-refractivity contribution in [3.05, 3.63) is 34.4 Å². The third-order valence-electron chi connectivity index (χ3n) is 2.03. The molecule has 0 heterocycles. The fourth-order valence-electron chi connectivity index (χ4n) is 1.36. The first-order chi connectivity index (χ1) is 7.34. The lowest BCUT2D eigenvalue weighted by molar-refractivity contribution is 0.0648. The molecular formula is C10H8O6. The van der Waals surface area contributed by atoms with Gasteiger partial charge in [-0.15, -0.1) is 0 Å². The lowest BCUT2D eigenvalue weighted by atomic mass is 9.98. The summed E-state index contributed by atoms with van der Waals surface area (Å²) < 4.78 is 0. The molecule has 1 aromatic rings. The Hall–Kier alpha value is -2.37. The number of rotatable bonds is 3. The summed E-state index contributed by atoms with van der Waals surface area (Å²) in [7, 11) is 0. The number of aromatic carboxylic acids is 3. The Bertz CT molecular complexity index is 488. The summed E-state index contributed by atoms with van der Waals surface area (Å²) in [5.41, 5.74) is -1.06. The van der Waals surface area contributed by atoms with Gasteiger partial charge in [-0.05, 0) is 24.6 Å². The maximum Gasteiger partial charge on any atom is 0.336 e. The molecule has 0 atom stereocenters. The number of carbonyl (C=O) groups is 3. The van der Waals surface area contributed by atoms with Crippen molar-refractivity contribution in [2.75, 3.05) is 0 Å². The molecule has 0 spiro atoms. The Morgan fingerprint density at radius 1 is 0.938 bits per heavy atom. The number of hydrogen-bond donors (Lipinski definition) is 3. The second-order valence-corrected chi connectivity index (χ2v) is 3.13. The summed E-state index contributed by atoms with van der Waals surface area (Å²) in [6, 6.07) is 1.96. The normalized spacial score (nSPS) is 9.81. The average molecular weight is 224 g/mol. The third-order valence-corrected chi connectivity index (χ3v) is 2.03. The van der Waals surface area contributed by atoms with Crippen molar-refractivity contribution in [3.8, 4) is 0 Å². The van der Waals surface area contributed by atoms with Gasteiger partial charge in [-0.3, -0.25) is 0 Å². The SMILES string of the molecule is Cc1cc(C(=O)O)cc(C(=O)O)c1C(=O)O. The molecule has 0 radical (unpaired) electrons. The minimum atomic E-state index is -1.47. The Labute approximate surface area is 89.8 Å². The lowest BCUT2D eigenvalue weighted by Gasteiger charge is -2.06. The van der Waals surface area contributed by atoms with Crippen molar-refractivity contribution in [2.45, 2.75) is 6.92 Å². The van der Waals surface area contributed by atoms with E-state index in [-0.39, 0.29) is 11.1 Å². The van der Waals surface area contributed by atoms with Crippen LogP contribution in [-0.2, 0) is 0 Å². The van der Waals surface area contributed by atoms with Crippen LogP contribution in [0, 0.1) is 6.92 Å². The summed E-state index contributed by atoms with van der Waals surface area (Å²) in [6.45, 7) is 1.35. The molecule has 1 rings (SSSR count). The molecule has 6 nitrogen and oxygen atoms in total. The van der Waals surface area contributed by atoms with Crippen molar-refractivity contribution in [2.24, 2.45) is 0 Å². The quantitative estimate of drug-likeness (QED) is 0.708. The summed E-state index contributed by atoms with van der Waals surface area (Å²) in [6.07, 6.45) is 0. The zero-order valence-corrected chi connectivity index (χ0v) is 8.22. The predicted octanol–water partition coefficient (Wildman–Crippen LogP) is 1.09. The molecule has 16 heavy (non-hydrogen) atoms. The van der Waals surface area contributed by atoms with Crippen LogP contribution in [0.1, 0.15) is 36.6 Å². The number of aryl methyl sites for hydroxylation is 1. The van der Waals surface area contributed by atoms with Gasteiger partial charge in [0, 0.05) is 0 Å². The zero-order chi connectivity index (χ0) is 12.5. The molecule has 84 valence electrons. The number of hydrogen-bond acceptors (Lipinski definition) is 3. The molecule has 0 aliphatic carbocycles. The minimum Gasteiger partial charge on any atom is -0.478 e. The standard InChI is InChI=1S/C10H8O6/c1-4-2-5(8(11)12)3-6(9(13)14)7(4)10(15)16/h2-3H,1H3,(H,11,12)(H,13,14)(H,15,16). The lowest BCUT2D eigenvalue weighted by Crippen LogP contribution is -2.12. The van der Waals surface area contributed by atoms with Crippen LogP contribution in [0.4, 0.5) is 0 Å². The average Bonchev–Trinajstić information content (AvgIpc) is 2.15. The predicted molar refractivity (Wildman–Crippen MR) is 52.1 cm³/mol. The van der Waals surface area contributed by atoms with Crippen LogP contribution < -0.4 is 0 Å². The molecule has 0 unspecified atom stereocenters. The van der Waals surface area contributed by atoms with Gasteiger partial charge in [0.15, 0.2) is 0 Å². The molecule has 3 N–H and O–H groups in total. The van der Waals surface area contributed by atoms with Crippen LogP contribution in [-0.4, -0.2) is 33.2 Å². The van der Waals surface area contributed by atoms with Gasteiger partial charge in [-0.1, -0.05) is 0 Å². The van der Waals surface area contributed by atoms with E-state index in [0.29, 0.717) is 0 Å². The van der Waals surface area contributed by atoms with Gasteiger partial charge in [0.25, 0.3) is 0 Å². The topological polar surface area (TPSA) is 112 Å². The summed E-state index contributed by atoms with van der Waals surface area (Å²) in [5, 5.41) is 26.3. The van der Waals surface area contributed by atoms with E-state index in [2.05, 4.69) is 0 Å². The first-order valence-electron chi connectivity index (χ1n) is 4.19. The van der Waals surface area contributed by atoms with E-state index in [4.69, 9.17) is 15.3 Å². The van der Waals surface area contributed by atoms with Crippen molar-refractivity contribution in [3.63, 3.8) is 0 Å². The van der Waals surface area contributed by atoms with Crippen molar-refractivity contribution < 1.29 is 29.7 Å². The summed E-state index contributed by atoms with van der Waals surface area (Å²) in [5.74, 6) is -4.17. The van der Waals surface area contributed by atoms with Gasteiger partial charge >= 0.3 is 17.9 Å². The van der Waals surface area contributed by atoms with E-state index >= 15 is 0 Å². The third kappa shape index (κ3) is 2.00. The molecule has 0 amide bonds. The molecule has 0 aromatic heterocycles. The van der Waals surface area contributed by atoms with E-state index in [1.807, 2.05) is 0 Å². The Morgan fingerprint density at radius 2 is 1.50 bits per heavy atom. The molecule has 0 aliphatic heterocycles. The van der Waals surface area contributed by atoms with Gasteiger partial charge in [0.05, 0.1) is 16.7 Å². The molecule has 0 aliphatic rings. The summed E-state index contributed by atoms with van der Waals surface area (Å²) in [4.78, 5) is 32.3. The second-order valence-electron chi connectivity index (χ2n) is 3.13. The highest BCUT2D eigenvalue weighted by Gasteiger charge is 2.21. The number of benzene rings is 1. The van der Waals surface area contributed by atoms with E-state index in [1.54, 1.807) is 0 Å². The second kappa shape index (κ2) is 4.01. The van der Waals surface area contributed by atoms with Crippen LogP contribution in [0.15, 0.2) is 12.1 Å². The molecule has 0 fully saturated rings. The Balaban J connectivity index is 3.58. The van der Waals surface area contributed by atoms with Crippen LogP contribution in [0.25, 0.3) is 0 Å². The highest BCUT2D eigenvalue weighted by Crippen LogP contribution is 2.17. The summed E-state index contributed by atoms with van der Waals surface area (Å²) >= 11 is 0. The van der Waals surface area contributed by atoms with E-state index < -0.39 is 29.0 Å². The maximum absolute atomic E-state index is 10.8. The van der Waals surface area contributed by atoms with Gasteiger partial charge in [0.1, 0.15) is 0 Å². The largest absolute Gasteiger partial charge is 0.478 e. The molecule has 6 heteroatoms. The molecule has 0 bridgehead atoms. The van der Waals surface area contributed by atoms with Crippen LogP contribution in [0.5, 0.6) is 0 Å². The molecular weight excluding hydrogens is 216 g/mol. The van der Waals surface area contributed by atoms with E-state index in [0.717, 1.165) is 12.1 Å². The van der Waals surface area contributed by atoms with Crippen LogP contribution in [0.3, 0.4) is 0 Å². The number of carboxylic acids is 3. The maximum atomic E-state index is 10.8. The Morgan fingerprint density at radius 3 is 1.88 bits per heavy atom. The highest BCUT2D eigenvalue weighted by atomic mass is 16.4. The first-order valence-corrected chi connectivity index (χ1v) is 4.19. The highest BCUT2D eigenvalue weighted by molar-refractivity contribution is 6.04. The van der Waals surface area contributed by atoms with Crippen molar-refractivity contribution >= 4 is 17.9 Å². The zero-order valence-electron chi connectivity index (χ0n) is 8.22. The van der Waals surface area contributed by atoms with Gasteiger partial charge in [-0.25, -0.2) is 14.4 Å². The van der Waals surface area contributed by atoms with E-state index in [1.165, 1.54) is 6.92 Å². The Kier molecular flexibility index (Phi) is 2.94. The van der Waals surface area contributed by atoms with E-state index in [9.17, 15) is 14.4 Å². The first kappa shape index (κ1) is 11.7. The monoisotopic (exact) mass is 224 g/mol. The van der Waals surface area contributed by atoms with Gasteiger partial charge in [0.2, 0.25) is 0 Å². The van der Waals surface area contributed by atoms with Crippen molar-refractivity contribution in [1.29, 1.82) is 0 Å². The van der Waals surface area contributed by atoms with Crippen molar-refractivity contribution in [1.82, 2.24) is 0 Å². The molecule has 0 saturated carbocycles. The molecule has 1 aromatic carbocycles. The molecule has 0 saturated heterocycles. The van der Waals surface area contributed by atoms with Gasteiger partial charge in [-0.2, -0.15) is 0 Å². The fourth-order valence-corrected chi connectivity index (χ4v) is 1.36. The smallest absolute Gasteiger partial charge is 0.336 e. The number of carboxylic acid groups (broad SMARTS) is 3. The van der Waals surface area contributed by atoms with Crippen LogP contribution in [0.2, 0.25) is 0 Å². The van der Waals surface area contributed by atoms with Gasteiger partial charge < -0.3 is 15.3 Å². The minimum absolute atomic E-state index is 0.102.